The summed E-state index contributed by atoms with van der Waals surface area (Å²) in [5, 5.41) is 8.78. The Labute approximate surface area is 117 Å². The largest absolute Gasteiger partial charge is 0.478 e. The summed E-state index contributed by atoms with van der Waals surface area (Å²) in [6.07, 6.45) is 6.51. The minimum atomic E-state index is -0.944. The maximum absolute atomic E-state index is 10.7. The maximum Gasteiger partial charge on any atom is 0.328 e. The Hall–Kier alpha value is -2.55. The van der Waals surface area contributed by atoms with Gasteiger partial charge in [0.1, 0.15) is 0 Å². The summed E-state index contributed by atoms with van der Waals surface area (Å²) in [7, 11) is 0. The lowest BCUT2D eigenvalue weighted by Gasteiger charge is -2.18. The normalized spacial score (nSPS) is 13.0. The van der Waals surface area contributed by atoms with Gasteiger partial charge in [0.05, 0.1) is 5.69 Å². The van der Waals surface area contributed by atoms with Crippen LogP contribution in [-0.2, 0) is 17.6 Å². The van der Waals surface area contributed by atoms with Crippen LogP contribution in [0.15, 0.2) is 43.0 Å². The van der Waals surface area contributed by atoms with Gasteiger partial charge in [-0.05, 0) is 36.1 Å². The SMILES string of the molecule is C=Cn1c(/C=C/C(=O)O)cc2c1-c1ccccc1CC2. The molecule has 0 saturated carbocycles. The summed E-state index contributed by atoms with van der Waals surface area (Å²) >= 11 is 0. The summed E-state index contributed by atoms with van der Waals surface area (Å²) in [6, 6.07) is 10.4. The molecule has 100 valence electrons. The van der Waals surface area contributed by atoms with Crippen LogP contribution < -0.4 is 0 Å². The van der Waals surface area contributed by atoms with Crippen LogP contribution in [0.5, 0.6) is 0 Å². The van der Waals surface area contributed by atoms with Crippen molar-refractivity contribution >= 4 is 18.2 Å². The molecule has 3 rings (SSSR count). The Morgan fingerprint density at radius 2 is 2.00 bits per heavy atom. The first kappa shape index (κ1) is 12.5. The van der Waals surface area contributed by atoms with Crippen molar-refractivity contribution in [3.05, 3.63) is 59.8 Å². The smallest absolute Gasteiger partial charge is 0.328 e. The van der Waals surface area contributed by atoms with E-state index in [9.17, 15) is 4.79 Å². The van der Waals surface area contributed by atoms with Gasteiger partial charge in [0.25, 0.3) is 0 Å². The number of fused-ring (bicyclic) bond motifs is 3. The molecular formula is C17H15NO2. The number of carboxylic acids is 1. The number of carboxylic acid groups (broad SMARTS) is 1. The number of benzene rings is 1. The molecule has 1 aromatic heterocycles. The second-order valence-corrected chi connectivity index (χ2v) is 4.82. The molecule has 1 aliphatic rings. The van der Waals surface area contributed by atoms with Gasteiger partial charge < -0.3 is 9.67 Å². The zero-order chi connectivity index (χ0) is 14.1. The second-order valence-electron chi connectivity index (χ2n) is 4.82. The van der Waals surface area contributed by atoms with Crippen LogP contribution >= 0.6 is 0 Å². The number of aliphatic carboxylic acids is 1. The molecule has 3 nitrogen and oxygen atoms in total. The molecule has 1 N–H and O–H groups in total. The average Bonchev–Trinajstić information content (AvgIpc) is 2.83. The van der Waals surface area contributed by atoms with E-state index in [-0.39, 0.29) is 0 Å². The van der Waals surface area contributed by atoms with Crippen molar-refractivity contribution in [2.45, 2.75) is 12.8 Å². The Balaban J connectivity index is 2.19. The highest BCUT2D eigenvalue weighted by atomic mass is 16.4. The molecule has 1 heterocycles. The summed E-state index contributed by atoms with van der Waals surface area (Å²) < 4.78 is 1.97. The first-order valence-electron chi connectivity index (χ1n) is 6.56. The molecule has 1 aromatic carbocycles. The zero-order valence-electron chi connectivity index (χ0n) is 11.0. The van der Waals surface area contributed by atoms with E-state index in [4.69, 9.17) is 5.11 Å². The number of carbonyl (C=O) groups is 1. The Morgan fingerprint density at radius 3 is 2.75 bits per heavy atom. The molecule has 0 radical (unpaired) electrons. The van der Waals surface area contributed by atoms with Crippen LogP contribution in [0, 0.1) is 0 Å². The van der Waals surface area contributed by atoms with Gasteiger partial charge in [0.2, 0.25) is 0 Å². The molecule has 0 aliphatic heterocycles. The van der Waals surface area contributed by atoms with Crippen molar-refractivity contribution in [2.24, 2.45) is 0 Å². The monoisotopic (exact) mass is 265 g/mol. The quantitative estimate of drug-likeness (QED) is 0.864. The van der Waals surface area contributed by atoms with Crippen molar-refractivity contribution in [3.63, 3.8) is 0 Å². The van der Waals surface area contributed by atoms with Gasteiger partial charge in [-0.1, -0.05) is 30.8 Å². The fourth-order valence-electron chi connectivity index (χ4n) is 2.81. The summed E-state index contributed by atoms with van der Waals surface area (Å²) in [4.78, 5) is 10.7. The zero-order valence-corrected chi connectivity index (χ0v) is 11.0. The van der Waals surface area contributed by atoms with E-state index in [1.54, 1.807) is 12.3 Å². The van der Waals surface area contributed by atoms with Gasteiger partial charge in [-0.3, -0.25) is 0 Å². The Bertz CT molecular complexity index is 723. The third-order valence-electron chi connectivity index (χ3n) is 3.66. The summed E-state index contributed by atoms with van der Waals surface area (Å²) in [5.74, 6) is -0.944. The fraction of sp³-hybridized carbons (Fsp3) is 0.118. The van der Waals surface area contributed by atoms with Gasteiger partial charge in [-0.2, -0.15) is 0 Å². The van der Waals surface area contributed by atoms with E-state index in [0.29, 0.717) is 0 Å². The van der Waals surface area contributed by atoms with Gasteiger partial charge >= 0.3 is 5.97 Å². The molecule has 3 heteroatoms. The van der Waals surface area contributed by atoms with Gasteiger partial charge in [-0.25, -0.2) is 4.79 Å². The molecule has 0 spiro atoms. The maximum atomic E-state index is 10.7. The van der Waals surface area contributed by atoms with Gasteiger partial charge in [0, 0.05) is 23.5 Å². The molecule has 0 unspecified atom stereocenters. The molecular weight excluding hydrogens is 250 g/mol. The lowest BCUT2D eigenvalue weighted by molar-refractivity contribution is -0.131. The van der Waals surface area contributed by atoms with Crippen molar-refractivity contribution in [3.8, 4) is 11.3 Å². The number of rotatable bonds is 3. The minimum absolute atomic E-state index is 0.851. The molecule has 0 bridgehead atoms. The van der Waals surface area contributed by atoms with E-state index < -0.39 is 5.97 Å². The standard InChI is InChI=1S/C17H15NO2/c1-2-18-14(9-10-16(19)20)11-13-8-7-12-5-3-4-6-15(12)17(13)18/h2-6,9-11H,1,7-8H2,(H,19,20)/b10-9+. The number of hydrogen-bond donors (Lipinski definition) is 1. The third-order valence-corrected chi connectivity index (χ3v) is 3.66. The number of aromatic nitrogens is 1. The van der Waals surface area contributed by atoms with Gasteiger partial charge in [-0.15, -0.1) is 0 Å². The summed E-state index contributed by atoms with van der Waals surface area (Å²) in [6.45, 7) is 3.85. The number of aryl methyl sites for hydroxylation is 2. The number of hydrogen-bond acceptors (Lipinski definition) is 1. The fourth-order valence-corrected chi connectivity index (χ4v) is 2.81. The highest BCUT2D eigenvalue weighted by Gasteiger charge is 2.20. The molecule has 1 aliphatic carbocycles. The summed E-state index contributed by atoms with van der Waals surface area (Å²) in [5.41, 5.74) is 5.77. The average molecular weight is 265 g/mol. The predicted octanol–water partition coefficient (Wildman–Crippen LogP) is 3.45. The highest BCUT2D eigenvalue weighted by Crippen LogP contribution is 2.36. The van der Waals surface area contributed by atoms with Crippen LogP contribution in [0.25, 0.3) is 23.5 Å². The van der Waals surface area contributed by atoms with Crippen molar-refractivity contribution in [2.75, 3.05) is 0 Å². The third kappa shape index (κ3) is 1.97. The van der Waals surface area contributed by atoms with Crippen LogP contribution in [0.2, 0.25) is 0 Å². The highest BCUT2D eigenvalue weighted by molar-refractivity contribution is 5.86. The first-order valence-corrected chi connectivity index (χ1v) is 6.56. The topological polar surface area (TPSA) is 42.2 Å². The van der Waals surface area contributed by atoms with Crippen LogP contribution in [0.3, 0.4) is 0 Å². The van der Waals surface area contributed by atoms with E-state index in [2.05, 4.69) is 24.8 Å². The first-order chi connectivity index (χ1) is 9.70. The Kier molecular flexibility index (Phi) is 3.03. The molecule has 0 fully saturated rings. The molecule has 0 saturated heterocycles. The van der Waals surface area contributed by atoms with E-state index in [0.717, 1.165) is 30.3 Å². The van der Waals surface area contributed by atoms with Crippen molar-refractivity contribution in [1.82, 2.24) is 4.57 Å². The van der Waals surface area contributed by atoms with Crippen LogP contribution in [0.4, 0.5) is 0 Å². The minimum Gasteiger partial charge on any atom is -0.478 e. The van der Waals surface area contributed by atoms with E-state index >= 15 is 0 Å². The van der Waals surface area contributed by atoms with E-state index in [1.807, 2.05) is 16.7 Å². The molecule has 2 aromatic rings. The van der Waals surface area contributed by atoms with Crippen LogP contribution in [0.1, 0.15) is 16.8 Å². The van der Waals surface area contributed by atoms with E-state index in [1.165, 1.54) is 16.7 Å². The van der Waals surface area contributed by atoms with Crippen molar-refractivity contribution in [1.29, 1.82) is 0 Å². The molecule has 20 heavy (non-hydrogen) atoms. The second kappa shape index (κ2) is 4.85. The van der Waals surface area contributed by atoms with Gasteiger partial charge in [0.15, 0.2) is 0 Å². The lowest BCUT2D eigenvalue weighted by Crippen LogP contribution is -2.04. The molecule has 0 atom stereocenters. The number of nitrogens with zero attached hydrogens (tertiary/aromatic N) is 1. The van der Waals surface area contributed by atoms with Crippen molar-refractivity contribution < 1.29 is 9.90 Å². The lowest BCUT2D eigenvalue weighted by atomic mass is 9.90. The Morgan fingerprint density at radius 1 is 1.25 bits per heavy atom. The predicted molar refractivity (Wildman–Crippen MR) is 80.3 cm³/mol. The van der Waals surface area contributed by atoms with Crippen LogP contribution in [-0.4, -0.2) is 15.6 Å². The molecule has 0 amide bonds.